The van der Waals surface area contributed by atoms with Crippen LogP contribution in [0.4, 0.5) is 0 Å². The maximum atomic E-state index is 13.5. The van der Waals surface area contributed by atoms with Gasteiger partial charge in [0, 0.05) is 61.6 Å². The zero-order chi connectivity index (χ0) is 29.2. The molecule has 1 aliphatic carbocycles. The average Bonchev–Trinajstić information content (AvgIpc) is 3.86. The van der Waals surface area contributed by atoms with E-state index in [0.717, 1.165) is 29.8 Å². The summed E-state index contributed by atoms with van der Waals surface area (Å²) in [6, 6.07) is 9.98. The number of aromatic nitrogens is 2. The Morgan fingerprint density at radius 1 is 1.07 bits per heavy atom. The summed E-state index contributed by atoms with van der Waals surface area (Å²) in [5.41, 5.74) is 2.36. The molecule has 2 fully saturated rings. The first-order chi connectivity index (χ1) is 20.4. The van der Waals surface area contributed by atoms with E-state index in [0.29, 0.717) is 47.3 Å². The third kappa shape index (κ3) is 6.00. The predicted molar refractivity (Wildman–Crippen MR) is 152 cm³/mol. The number of rotatable bonds is 3. The van der Waals surface area contributed by atoms with Crippen LogP contribution < -0.4 is 24.8 Å². The van der Waals surface area contributed by atoms with Crippen molar-refractivity contribution in [2.45, 2.75) is 50.8 Å². The molecule has 7 rings (SSSR count). The topological polar surface area (TPSA) is 132 Å². The zero-order valence-electron chi connectivity index (χ0n) is 23.6. The smallest absolute Gasteiger partial charge is 0.258 e. The van der Waals surface area contributed by atoms with E-state index >= 15 is 0 Å². The van der Waals surface area contributed by atoms with Gasteiger partial charge in [-0.2, -0.15) is 0 Å². The summed E-state index contributed by atoms with van der Waals surface area (Å²) < 4.78 is 17.7. The van der Waals surface area contributed by atoms with Gasteiger partial charge in [-0.15, -0.1) is 0 Å². The van der Waals surface area contributed by atoms with Crippen LogP contribution in [0, 0.1) is 6.92 Å². The van der Waals surface area contributed by atoms with Gasteiger partial charge in [-0.25, -0.2) is 9.97 Å². The van der Waals surface area contributed by atoms with Crippen molar-refractivity contribution < 1.29 is 28.6 Å². The summed E-state index contributed by atoms with van der Waals surface area (Å²) in [5.74, 6) is 1.89. The number of hydrogen-bond donors (Lipinski definition) is 2. The number of likely N-dealkylation sites (tertiary alicyclic amines) is 1. The third-order valence-electron chi connectivity index (χ3n) is 7.85. The number of carbonyl (C=O) groups excluding carboxylic acids is 3. The minimum Gasteiger partial charge on any atom is -0.496 e. The molecule has 2 aromatic carbocycles. The van der Waals surface area contributed by atoms with Gasteiger partial charge >= 0.3 is 0 Å². The molecule has 11 heteroatoms. The second-order valence-corrected chi connectivity index (χ2v) is 10.9. The highest BCUT2D eigenvalue weighted by Crippen LogP contribution is 2.37. The Morgan fingerprint density at radius 3 is 2.64 bits per heavy atom. The normalized spacial score (nSPS) is 20.8. The molecule has 1 aromatic heterocycles. The maximum Gasteiger partial charge on any atom is 0.258 e. The molecule has 4 aliphatic rings. The zero-order valence-corrected chi connectivity index (χ0v) is 23.6. The van der Waals surface area contributed by atoms with Gasteiger partial charge in [-0.1, -0.05) is 6.07 Å². The molecule has 4 bridgehead atoms. The van der Waals surface area contributed by atoms with Gasteiger partial charge in [-0.05, 0) is 49.6 Å². The van der Waals surface area contributed by atoms with Gasteiger partial charge in [-0.3, -0.25) is 14.4 Å². The van der Waals surface area contributed by atoms with E-state index in [1.165, 1.54) is 0 Å². The van der Waals surface area contributed by atoms with Crippen LogP contribution in [0.2, 0.25) is 0 Å². The molecule has 11 nitrogen and oxygen atoms in total. The van der Waals surface area contributed by atoms with Gasteiger partial charge in [0.15, 0.2) is 6.61 Å². The van der Waals surface area contributed by atoms with E-state index < -0.39 is 12.1 Å². The Labute approximate surface area is 243 Å². The Hall–Kier alpha value is -4.67. The number of benzene rings is 2. The first kappa shape index (κ1) is 27.5. The lowest BCUT2D eigenvalue weighted by Crippen LogP contribution is -2.58. The van der Waals surface area contributed by atoms with E-state index in [-0.39, 0.29) is 37.4 Å². The highest BCUT2D eigenvalue weighted by atomic mass is 16.5. The molecule has 1 saturated heterocycles. The van der Waals surface area contributed by atoms with Crippen molar-refractivity contribution in [1.82, 2.24) is 25.5 Å². The van der Waals surface area contributed by atoms with Crippen molar-refractivity contribution >= 4 is 17.7 Å². The number of aryl methyl sites for hydroxylation is 1. The van der Waals surface area contributed by atoms with E-state index in [2.05, 4.69) is 20.6 Å². The molecule has 1 saturated carbocycles. The summed E-state index contributed by atoms with van der Waals surface area (Å²) in [6.07, 6.45) is 5.42. The minimum absolute atomic E-state index is 0.192. The molecule has 0 radical (unpaired) electrons. The molecule has 218 valence electrons. The molecule has 4 heterocycles. The van der Waals surface area contributed by atoms with Crippen LogP contribution in [-0.2, 0) is 11.3 Å². The summed E-state index contributed by atoms with van der Waals surface area (Å²) in [6.45, 7) is 2.56. The van der Waals surface area contributed by atoms with Gasteiger partial charge in [0.25, 0.3) is 17.7 Å². The summed E-state index contributed by atoms with van der Waals surface area (Å²) in [5, 5.41) is 5.92. The van der Waals surface area contributed by atoms with Crippen molar-refractivity contribution in [3.63, 3.8) is 0 Å². The van der Waals surface area contributed by atoms with Crippen LogP contribution >= 0.6 is 0 Å². The number of nitrogens with one attached hydrogen (secondary N) is 2. The van der Waals surface area contributed by atoms with E-state index in [1.807, 2.05) is 13.0 Å². The average molecular weight is 572 g/mol. The van der Waals surface area contributed by atoms with Crippen LogP contribution in [0.15, 0.2) is 48.8 Å². The first-order valence-corrected chi connectivity index (χ1v) is 14.1. The number of hydrogen-bond acceptors (Lipinski definition) is 8. The quantitative estimate of drug-likeness (QED) is 0.491. The summed E-state index contributed by atoms with van der Waals surface area (Å²) in [4.78, 5) is 49.9. The molecular formula is C31H33N5O6. The summed E-state index contributed by atoms with van der Waals surface area (Å²) >= 11 is 0. The van der Waals surface area contributed by atoms with Crippen LogP contribution in [0.5, 0.6) is 17.2 Å². The van der Waals surface area contributed by atoms with Gasteiger partial charge in [0.05, 0.1) is 18.7 Å². The minimum atomic E-state index is -0.517. The monoisotopic (exact) mass is 571 g/mol. The Bertz CT molecular complexity index is 1510. The molecule has 3 aliphatic heterocycles. The van der Waals surface area contributed by atoms with Crippen LogP contribution in [-0.4, -0.2) is 71.5 Å². The van der Waals surface area contributed by atoms with Crippen molar-refractivity contribution in [3.05, 3.63) is 76.9 Å². The molecule has 2 atom stereocenters. The first-order valence-electron chi connectivity index (χ1n) is 14.1. The lowest BCUT2D eigenvalue weighted by Gasteiger charge is -2.39. The van der Waals surface area contributed by atoms with Crippen LogP contribution in [0.25, 0.3) is 0 Å². The third-order valence-corrected chi connectivity index (χ3v) is 7.85. The Kier molecular flexibility index (Phi) is 7.64. The molecule has 3 aromatic rings. The summed E-state index contributed by atoms with van der Waals surface area (Å²) in [7, 11) is 1.56. The van der Waals surface area contributed by atoms with Crippen molar-refractivity contribution in [2.75, 3.05) is 26.8 Å². The predicted octanol–water partition coefficient (Wildman–Crippen LogP) is 2.77. The largest absolute Gasteiger partial charge is 0.496 e. The maximum absolute atomic E-state index is 13.5. The number of amides is 3. The van der Waals surface area contributed by atoms with Crippen molar-refractivity contribution in [1.29, 1.82) is 0 Å². The van der Waals surface area contributed by atoms with E-state index in [9.17, 15) is 14.4 Å². The molecule has 0 unspecified atom stereocenters. The van der Waals surface area contributed by atoms with E-state index in [4.69, 9.17) is 14.2 Å². The Morgan fingerprint density at radius 2 is 1.88 bits per heavy atom. The fourth-order valence-electron chi connectivity index (χ4n) is 5.23. The van der Waals surface area contributed by atoms with Gasteiger partial charge in [0.1, 0.15) is 29.2 Å². The lowest BCUT2D eigenvalue weighted by atomic mass is 10.00. The second kappa shape index (κ2) is 11.7. The fraction of sp³-hybridized carbons (Fsp3) is 0.387. The number of methoxy groups -OCH3 is 1. The van der Waals surface area contributed by atoms with E-state index in [1.54, 1.807) is 54.7 Å². The molecular weight excluding hydrogens is 538 g/mol. The highest BCUT2D eigenvalue weighted by molar-refractivity contribution is 5.96. The lowest BCUT2D eigenvalue weighted by molar-refractivity contribution is -0.123. The number of ether oxygens (including phenoxy) is 3. The molecule has 0 spiro atoms. The standard InChI is InChI=1S/C31H33N5O6/c1-18-3-4-20-11-26(18)41-17-28(37)32-13-21-7-8-23(12-27(21)40-2)42-25-9-10-36(16-24(25)35-30(20)38)31(39)22-14-33-29(34-15-22)19-5-6-19/h3-4,7-8,11-12,14-15,19,24-25H,5-6,9-10,13,16-17H2,1-2H3,(H,32,37)(H,35,38)/t24-,25+/m0/s1. The SMILES string of the molecule is COc1cc2ccc1CNC(=O)COc1cc(ccc1C)C(=O)N[C@H]1CN(C(=O)c3cnc(C4CC4)nc3)CC[C@H]1O2. The van der Waals surface area contributed by atoms with Crippen LogP contribution in [0.1, 0.15) is 62.8 Å². The van der Waals surface area contributed by atoms with Crippen LogP contribution in [0.3, 0.4) is 0 Å². The number of carbonyl (C=O) groups is 3. The molecule has 42 heavy (non-hydrogen) atoms. The molecule has 3 amide bonds. The second-order valence-electron chi connectivity index (χ2n) is 10.9. The van der Waals surface area contributed by atoms with Gasteiger partial charge < -0.3 is 29.7 Å². The molecule has 2 N–H and O–H groups in total. The number of piperidine rings is 1. The number of fused-ring (bicyclic) bond motifs is 7. The fourth-order valence-corrected chi connectivity index (χ4v) is 5.23. The highest BCUT2D eigenvalue weighted by Gasteiger charge is 2.35. The van der Waals surface area contributed by atoms with Crippen molar-refractivity contribution in [2.24, 2.45) is 0 Å². The Balaban J connectivity index is 1.28. The van der Waals surface area contributed by atoms with Gasteiger partial charge in [0.2, 0.25) is 0 Å². The van der Waals surface area contributed by atoms with Crippen molar-refractivity contribution in [3.8, 4) is 17.2 Å². The number of nitrogens with zero attached hydrogens (tertiary/aromatic N) is 3.